The van der Waals surface area contributed by atoms with Crippen molar-refractivity contribution in [2.45, 2.75) is 44.7 Å². The average molecular weight is 378 g/mol. The standard InChI is InChI=1S/C24H31N3O/c1-18(28)26-22-9-7-20(8-10-22)17-27-13-11-19(12-14-27)16-25-24-15-23(24)21-5-3-2-4-6-21/h2-10,19,23-25H,11-17H2,1H3,(H,26,28)/t23-,24+/m0/s1. The Morgan fingerprint density at radius 1 is 1.04 bits per heavy atom. The molecule has 2 fully saturated rings. The third-order valence-electron chi connectivity index (χ3n) is 6.07. The molecule has 1 aliphatic heterocycles. The van der Waals surface area contributed by atoms with Gasteiger partial charge in [0.15, 0.2) is 0 Å². The summed E-state index contributed by atoms with van der Waals surface area (Å²) in [6.45, 7) is 6.05. The lowest BCUT2D eigenvalue weighted by Gasteiger charge is -2.32. The van der Waals surface area contributed by atoms with E-state index in [-0.39, 0.29) is 5.91 Å². The maximum absolute atomic E-state index is 11.1. The highest BCUT2D eigenvalue weighted by atomic mass is 16.1. The van der Waals surface area contributed by atoms with E-state index in [1.165, 1.54) is 50.4 Å². The zero-order chi connectivity index (χ0) is 19.3. The Bertz CT molecular complexity index is 766. The van der Waals surface area contributed by atoms with Gasteiger partial charge in [-0.3, -0.25) is 9.69 Å². The maximum Gasteiger partial charge on any atom is 0.221 e. The van der Waals surface area contributed by atoms with Gasteiger partial charge in [0, 0.05) is 31.1 Å². The Morgan fingerprint density at radius 3 is 2.43 bits per heavy atom. The summed E-state index contributed by atoms with van der Waals surface area (Å²) in [6, 6.07) is 19.8. The number of anilines is 1. The molecular formula is C24H31N3O. The third-order valence-corrected chi connectivity index (χ3v) is 6.07. The minimum absolute atomic E-state index is 0.0234. The largest absolute Gasteiger partial charge is 0.326 e. The van der Waals surface area contributed by atoms with Crippen LogP contribution >= 0.6 is 0 Å². The van der Waals surface area contributed by atoms with E-state index in [9.17, 15) is 4.79 Å². The Labute approximate surface area is 168 Å². The Balaban J connectivity index is 1.16. The molecule has 0 unspecified atom stereocenters. The number of nitrogens with one attached hydrogen (secondary N) is 2. The first-order chi connectivity index (χ1) is 13.7. The summed E-state index contributed by atoms with van der Waals surface area (Å²) in [5.41, 5.74) is 3.67. The minimum atomic E-state index is -0.0234. The molecule has 1 saturated carbocycles. The molecule has 1 heterocycles. The Hall–Kier alpha value is -2.17. The van der Waals surface area contributed by atoms with Gasteiger partial charge >= 0.3 is 0 Å². The molecule has 2 N–H and O–H groups in total. The molecule has 148 valence electrons. The van der Waals surface area contributed by atoms with Gasteiger partial charge in [-0.05, 0) is 68.1 Å². The molecule has 1 aliphatic carbocycles. The van der Waals surface area contributed by atoms with Crippen molar-refractivity contribution in [1.82, 2.24) is 10.2 Å². The summed E-state index contributed by atoms with van der Waals surface area (Å²) in [4.78, 5) is 13.7. The number of nitrogens with zero attached hydrogens (tertiary/aromatic N) is 1. The van der Waals surface area contributed by atoms with Gasteiger partial charge in [0.1, 0.15) is 0 Å². The predicted octanol–water partition coefficient (Wildman–Crippen LogP) is 4.00. The van der Waals surface area contributed by atoms with Crippen LogP contribution in [0.3, 0.4) is 0 Å². The van der Waals surface area contributed by atoms with Crippen molar-refractivity contribution in [1.29, 1.82) is 0 Å². The summed E-state index contributed by atoms with van der Waals surface area (Å²) < 4.78 is 0. The molecule has 0 bridgehead atoms. The van der Waals surface area contributed by atoms with Gasteiger partial charge in [0.2, 0.25) is 5.91 Å². The molecule has 4 rings (SSSR count). The van der Waals surface area contributed by atoms with E-state index in [2.05, 4.69) is 58.0 Å². The van der Waals surface area contributed by atoms with Gasteiger partial charge in [0.25, 0.3) is 0 Å². The summed E-state index contributed by atoms with van der Waals surface area (Å²) >= 11 is 0. The zero-order valence-electron chi connectivity index (χ0n) is 16.7. The number of amides is 1. The zero-order valence-corrected chi connectivity index (χ0v) is 16.7. The van der Waals surface area contributed by atoms with Crippen LogP contribution in [-0.4, -0.2) is 36.5 Å². The number of carbonyl (C=O) groups excluding carboxylic acids is 1. The number of likely N-dealkylation sites (tertiary alicyclic amines) is 1. The highest BCUT2D eigenvalue weighted by Crippen LogP contribution is 2.40. The molecule has 4 nitrogen and oxygen atoms in total. The summed E-state index contributed by atoms with van der Waals surface area (Å²) in [5, 5.41) is 6.63. The Morgan fingerprint density at radius 2 is 1.75 bits per heavy atom. The lowest BCUT2D eigenvalue weighted by molar-refractivity contribution is -0.114. The number of rotatable bonds is 7. The normalized spacial score (nSPS) is 22.8. The number of piperidine rings is 1. The van der Waals surface area contributed by atoms with Crippen LogP contribution in [0, 0.1) is 5.92 Å². The summed E-state index contributed by atoms with van der Waals surface area (Å²) in [6.07, 6.45) is 3.84. The number of hydrogen-bond donors (Lipinski definition) is 2. The topological polar surface area (TPSA) is 44.4 Å². The van der Waals surface area contributed by atoms with Crippen molar-refractivity contribution in [3.8, 4) is 0 Å². The van der Waals surface area contributed by atoms with Gasteiger partial charge in [-0.25, -0.2) is 0 Å². The minimum Gasteiger partial charge on any atom is -0.326 e. The van der Waals surface area contributed by atoms with E-state index >= 15 is 0 Å². The first kappa shape index (κ1) is 19.2. The molecule has 2 atom stereocenters. The van der Waals surface area contributed by atoms with Crippen LogP contribution in [0.5, 0.6) is 0 Å². The van der Waals surface area contributed by atoms with Gasteiger partial charge in [0.05, 0.1) is 0 Å². The Kier molecular flexibility index (Phi) is 6.08. The second-order valence-electron chi connectivity index (χ2n) is 8.37. The van der Waals surface area contributed by atoms with Crippen LogP contribution < -0.4 is 10.6 Å². The van der Waals surface area contributed by atoms with Crippen molar-refractivity contribution in [3.63, 3.8) is 0 Å². The molecular weight excluding hydrogens is 346 g/mol. The monoisotopic (exact) mass is 377 g/mol. The molecule has 1 amide bonds. The summed E-state index contributed by atoms with van der Waals surface area (Å²) in [5.74, 6) is 1.50. The van der Waals surface area contributed by atoms with Crippen LogP contribution in [0.25, 0.3) is 0 Å². The molecule has 2 aromatic carbocycles. The van der Waals surface area contributed by atoms with Gasteiger partial charge in [-0.1, -0.05) is 42.5 Å². The van der Waals surface area contributed by atoms with Gasteiger partial charge in [-0.15, -0.1) is 0 Å². The lowest BCUT2D eigenvalue weighted by Crippen LogP contribution is -2.37. The highest BCUT2D eigenvalue weighted by molar-refractivity contribution is 5.88. The first-order valence-corrected chi connectivity index (χ1v) is 10.5. The molecule has 2 aliphatic rings. The molecule has 1 saturated heterocycles. The molecule has 0 spiro atoms. The second kappa shape index (κ2) is 8.89. The number of hydrogen-bond acceptors (Lipinski definition) is 3. The van der Waals surface area contributed by atoms with Crippen molar-refractivity contribution in [3.05, 3.63) is 65.7 Å². The average Bonchev–Trinajstić information content (AvgIpc) is 3.49. The van der Waals surface area contributed by atoms with Crippen molar-refractivity contribution in [2.75, 3.05) is 25.0 Å². The lowest BCUT2D eigenvalue weighted by atomic mass is 9.96. The fourth-order valence-electron chi connectivity index (χ4n) is 4.31. The fourth-order valence-corrected chi connectivity index (χ4v) is 4.31. The first-order valence-electron chi connectivity index (χ1n) is 10.5. The third kappa shape index (κ3) is 5.21. The summed E-state index contributed by atoms with van der Waals surface area (Å²) in [7, 11) is 0. The molecule has 0 radical (unpaired) electrons. The maximum atomic E-state index is 11.1. The van der Waals surface area contributed by atoms with Gasteiger partial charge in [-0.2, -0.15) is 0 Å². The predicted molar refractivity (Wildman–Crippen MR) is 114 cm³/mol. The van der Waals surface area contributed by atoms with Crippen LogP contribution in [-0.2, 0) is 11.3 Å². The van der Waals surface area contributed by atoms with E-state index in [0.29, 0.717) is 6.04 Å². The number of benzene rings is 2. The van der Waals surface area contributed by atoms with Gasteiger partial charge < -0.3 is 10.6 Å². The smallest absolute Gasteiger partial charge is 0.221 e. The van der Waals surface area contributed by atoms with E-state index < -0.39 is 0 Å². The molecule has 2 aromatic rings. The van der Waals surface area contributed by atoms with Crippen LogP contribution in [0.15, 0.2) is 54.6 Å². The van der Waals surface area contributed by atoms with E-state index in [4.69, 9.17) is 0 Å². The van der Waals surface area contributed by atoms with E-state index in [1.807, 2.05) is 12.1 Å². The van der Waals surface area contributed by atoms with Crippen molar-refractivity contribution >= 4 is 11.6 Å². The number of carbonyl (C=O) groups is 1. The molecule has 28 heavy (non-hydrogen) atoms. The van der Waals surface area contributed by atoms with Crippen LogP contribution in [0.4, 0.5) is 5.69 Å². The molecule has 0 aromatic heterocycles. The second-order valence-corrected chi connectivity index (χ2v) is 8.37. The SMILES string of the molecule is CC(=O)Nc1ccc(CN2CCC(CN[C@@H]3C[C@H]3c3ccccc3)CC2)cc1. The van der Waals surface area contributed by atoms with Crippen LogP contribution in [0.2, 0.25) is 0 Å². The van der Waals surface area contributed by atoms with Crippen LogP contribution in [0.1, 0.15) is 43.2 Å². The fraction of sp³-hybridized carbons (Fsp3) is 0.458. The highest BCUT2D eigenvalue weighted by Gasteiger charge is 2.38. The van der Waals surface area contributed by atoms with Crippen molar-refractivity contribution in [2.24, 2.45) is 5.92 Å². The van der Waals surface area contributed by atoms with E-state index in [1.54, 1.807) is 0 Å². The van der Waals surface area contributed by atoms with E-state index in [0.717, 1.165) is 30.6 Å². The molecule has 4 heteroatoms. The quantitative estimate of drug-likeness (QED) is 0.766. The van der Waals surface area contributed by atoms with Crippen molar-refractivity contribution < 1.29 is 4.79 Å².